The van der Waals surface area contributed by atoms with Crippen molar-refractivity contribution in [3.8, 4) is 0 Å². The van der Waals surface area contributed by atoms with Crippen molar-refractivity contribution in [2.75, 3.05) is 7.05 Å². The number of halogens is 5. The number of rotatable bonds is 3. The van der Waals surface area contributed by atoms with Gasteiger partial charge in [0.15, 0.2) is 29.1 Å². The summed E-state index contributed by atoms with van der Waals surface area (Å²) in [5, 5.41) is -0.0470. The first-order valence-electron chi connectivity index (χ1n) is 8.03. The Bertz CT molecular complexity index is 1140. The second-order valence-electron chi connectivity index (χ2n) is 6.23. The first kappa shape index (κ1) is 19.5. The molecule has 0 fully saturated rings. The molecule has 3 aromatic rings. The predicted octanol–water partition coefficient (Wildman–Crippen LogP) is 4.06. The quantitative estimate of drug-likeness (QED) is 0.536. The molecule has 0 bridgehead atoms. The van der Waals surface area contributed by atoms with E-state index in [4.69, 9.17) is 0 Å². The Labute approximate surface area is 155 Å². The molecule has 0 spiro atoms. The van der Waals surface area contributed by atoms with Crippen molar-refractivity contribution in [2.24, 2.45) is 0 Å². The summed E-state index contributed by atoms with van der Waals surface area (Å²) in [6.07, 6.45) is 1.24. The van der Waals surface area contributed by atoms with Crippen LogP contribution in [0.5, 0.6) is 0 Å². The number of hydrogen-bond donors (Lipinski definition) is 1. The van der Waals surface area contributed by atoms with Crippen molar-refractivity contribution in [1.82, 2.24) is 9.88 Å². The maximum absolute atomic E-state index is 13.7. The number of benzene rings is 2. The SMILES string of the molecule is CC(c1c[nH]c(=O)c2cc(F)c(F)cc12)N(C)C(=O)c1cc(F)c(F)c(F)c1. The molecule has 146 valence electrons. The van der Waals surface area contributed by atoms with Crippen molar-refractivity contribution in [3.05, 3.63) is 81.0 Å². The lowest BCUT2D eigenvalue weighted by molar-refractivity contribution is 0.0742. The van der Waals surface area contributed by atoms with E-state index < -0.39 is 52.2 Å². The van der Waals surface area contributed by atoms with Gasteiger partial charge < -0.3 is 9.88 Å². The summed E-state index contributed by atoms with van der Waals surface area (Å²) in [5.74, 6) is -7.95. The molecule has 9 heteroatoms. The molecule has 28 heavy (non-hydrogen) atoms. The molecule has 0 radical (unpaired) electrons. The summed E-state index contributed by atoms with van der Waals surface area (Å²) in [5.41, 5.74) is -0.814. The molecular weight excluding hydrogens is 383 g/mol. The lowest BCUT2D eigenvalue weighted by Crippen LogP contribution is -2.30. The fourth-order valence-corrected chi connectivity index (χ4v) is 2.89. The molecule has 0 aliphatic rings. The number of pyridine rings is 1. The molecule has 1 amide bonds. The van der Waals surface area contributed by atoms with Crippen LogP contribution >= 0.6 is 0 Å². The highest BCUT2D eigenvalue weighted by Gasteiger charge is 2.24. The summed E-state index contributed by atoms with van der Waals surface area (Å²) in [4.78, 5) is 27.9. The summed E-state index contributed by atoms with van der Waals surface area (Å²) in [6.45, 7) is 1.52. The van der Waals surface area contributed by atoms with Crippen LogP contribution < -0.4 is 5.56 Å². The average molecular weight is 396 g/mol. The van der Waals surface area contributed by atoms with Crippen LogP contribution in [0.2, 0.25) is 0 Å². The third-order valence-electron chi connectivity index (χ3n) is 4.56. The van der Waals surface area contributed by atoms with Crippen LogP contribution in [-0.4, -0.2) is 22.8 Å². The fraction of sp³-hybridized carbons (Fsp3) is 0.158. The molecule has 1 N–H and O–H groups in total. The number of aromatic nitrogens is 1. The number of hydrogen-bond acceptors (Lipinski definition) is 2. The minimum atomic E-state index is -1.70. The molecule has 1 aromatic heterocycles. The Hall–Kier alpha value is -3.23. The molecule has 3 rings (SSSR count). The molecule has 0 aliphatic carbocycles. The molecular formula is C19H13F5N2O2. The minimum Gasteiger partial charge on any atom is -0.335 e. The highest BCUT2D eigenvalue weighted by molar-refractivity contribution is 5.95. The van der Waals surface area contributed by atoms with E-state index in [2.05, 4.69) is 4.98 Å². The van der Waals surface area contributed by atoms with Crippen LogP contribution in [0.4, 0.5) is 22.0 Å². The number of carbonyl (C=O) groups is 1. The molecule has 1 heterocycles. The van der Waals surface area contributed by atoms with Crippen molar-refractivity contribution in [2.45, 2.75) is 13.0 Å². The zero-order chi connectivity index (χ0) is 20.7. The largest absolute Gasteiger partial charge is 0.335 e. The van der Waals surface area contributed by atoms with E-state index in [-0.39, 0.29) is 16.3 Å². The molecule has 0 saturated heterocycles. The Morgan fingerprint density at radius 3 is 2.04 bits per heavy atom. The van der Waals surface area contributed by atoms with Crippen LogP contribution in [0.1, 0.15) is 28.9 Å². The topological polar surface area (TPSA) is 53.2 Å². The standard InChI is InChI=1S/C19H13F5N2O2/c1-8(26(2)19(28)9-3-15(22)17(24)16(23)4-9)12-7-25-18(27)11-6-14(21)13(20)5-10(11)12/h3-8H,1-2H3,(H,25,27). The number of H-pyrrole nitrogens is 1. The molecule has 0 saturated carbocycles. The fourth-order valence-electron chi connectivity index (χ4n) is 2.89. The van der Waals surface area contributed by atoms with Crippen molar-refractivity contribution < 1.29 is 26.7 Å². The van der Waals surface area contributed by atoms with Crippen LogP contribution in [-0.2, 0) is 0 Å². The zero-order valence-corrected chi connectivity index (χ0v) is 14.6. The number of carbonyl (C=O) groups excluding carboxylic acids is 1. The lowest BCUT2D eigenvalue weighted by Gasteiger charge is -2.26. The van der Waals surface area contributed by atoms with Crippen LogP contribution in [0.25, 0.3) is 10.8 Å². The van der Waals surface area contributed by atoms with E-state index in [1.165, 1.54) is 20.2 Å². The molecule has 1 atom stereocenters. The monoisotopic (exact) mass is 396 g/mol. The third-order valence-corrected chi connectivity index (χ3v) is 4.56. The number of amides is 1. The van der Waals surface area contributed by atoms with Gasteiger partial charge in [-0.3, -0.25) is 9.59 Å². The smallest absolute Gasteiger partial charge is 0.255 e. The Morgan fingerprint density at radius 1 is 0.929 bits per heavy atom. The predicted molar refractivity (Wildman–Crippen MR) is 91.3 cm³/mol. The lowest BCUT2D eigenvalue weighted by atomic mass is 10.0. The van der Waals surface area contributed by atoms with Gasteiger partial charge in [0.05, 0.1) is 11.4 Å². The van der Waals surface area contributed by atoms with Crippen LogP contribution in [0.15, 0.2) is 35.3 Å². The van der Waals surface area contributed by atoms with Crippen LogP contribution in [0.3, 0.4) is 0 Å². The van der Waals surface area contributed by atoms with E-state index in [1.807, 2.05) is 0 Å². The van der Waals surface area contributed by atoms with Gasteiger partial charge in [-0.05, 0) is 42.1 Å². The van der Waals surface area contributed by atoms with Crippen LogP contribution in [0, 0.1) is 29.1 Å². The Morgan fingerprint density at radius 2 is 1.46 bits per heavy atom. The zero-order valence-electron chi connectivity index (χ0n) is 14.6. The second-order valence-corrected chi connectivity index (χ2v) is 6.23. The van der Waals surface area contributed by atoms with Gasteiger partial charge in [-0.1, -0.05) is 0 Å². The number of nitrogens with one attached hydrogen (secondary N) is 1. The van der Waals surface area contributed by atoms with E-state index >= 15 is 0 Å². The van der Waals surface area contributed by atoms with E-state index in [0.717, 1.165) is 17.0 Å². The van der Waals surface area contributed by atoms with Gasteiger partial charge in [0.2, 0.25) is 0 Å². The normalized spacial score (nSPS) is 12.2. The van der Waals surface area contributed by atoms with Crippen molar-refractivity contribution >= 4 is 16.7 Å². The van der Waals surface area contributed by atoms with Gasteiger partial charge in [0.25, 0.3) is 11.5 Å². The first-order valence-corrected chi connectivity index (χ1v) is 8.03. The maximum Gasteiger partial charge on any atom is 0.255 e. The molecule has 1 unspecified atom stereocenters. The number of nitrogens with zero attached hydrogens (tertiary/aromatic N) is 1. The Balaban J connectivity index is 2.05. The summed E-state index contributed by atoms with van der Waals surface area (Å²) < 4.78 is 67.1. The maximum atomic E-state index is 13.7. The third kappa shape index (κ3) is 3.23. The number of fused-ring (bicyclic) bond motifs is 1. The minimum absolute atomic E-state index is 0.0752. The van der Waals surface area contributed by atoms with Gasteiger partial charge >= 0.3 is 0 Å². The van der Waals surface area contributed by atoms with Gasteiger partial charge in [-0.2, -0.15) is 0 Å². The average Bonchev–Trinajstić information content (AvgIpc) is 2.66. The summed E-state index contributed by atoms with van der Waals surface area (Å²) in [7, 11) is 1.31. The van der Waals surface area contributed by atoms with Crippen molar-refractivity contribution in [1.29, 1.82) is 0 Å². The molecule has 2 aromatic carbocycles. The van der Waals surface area contributed by atoms with Gasteiger partial charge in [-0.15, -0.1) is 0 Å². The number of aromatic amines is 1. The second kappa shape index (κ2) is 7.06. The van der Waals surface area contributed by atoms with Gasteiger partial charge in [-0.25, -0.2) is 22.0 Å². The first-order chi connectivity index (χ1) is 13.1. The van der Waals surface area contributed by atoms with Crippen molar-refractivity contribution in [3.63, 3.8) is 0 Å². The Kier molecular flexibility index (Phi) is 4.93. The van der Waals surface area contributed by atoms with Gasteiger partial charge in [0, 0.05) is 18.8 Å². The van der Waals surface area contributed by atoms with E-state index in [1.54, 1.807) is 0 Å². The highest BCUT2D eigenvalue weighted by Crippen LogP contribution is 2.28. The van der Waals surface area contributed by atoms with E-state index in [0.29, 0.717) is 12.1 Å². The summed E-state index contributed by atoms with van der Waals surface area (Å²) >= 11 is 0. The highest BCUT2D eigenvalue weighted by atomic mass is 19.2. The van der Waals surface area contributed by atoms with Gasteiger partial charge in [0.1, 0.15) is 0 Å². The summed E-state index contributed by atoms with van der Waals surface area (Å²) in [6, 6.07) is 1.88. The van der Waals surface area contributed by atoms with E-state index in [9.17, 15) is 31.5 Å². The molecule has 4 nitrogen and oxygen atoms in total. The molecule has 0 aliphatic heterocycles.